The quantitative estimate of drug-likeness (QED) is 0.645. The van der Waals surface area contributed by atoms with Crippen molar-refractivity contribution in [3.8, 4) is 11.5 Å². The van der Waals surface area contributed by atoms with Gasteiger partial charge in [-0.1, -0.05) is 34.1 Å². The lowest BCUT2D eigenvalue weighted by molar-refractivity contribution is -0.0192. The van der Waals surface area contributed by atoms with Crippen molar-refractivity contribution >= 4 is 21.6 Å². The van der Waals surface area contributed by atoms with Crippen LogP contribution >= 0.6 is 15.9 Å². The highest BCUT2D eigenvalue weighted by molar-refractivity contribution is 9.10. The molecule has 6 heteroatoms. The summed E-state index contributed by atoms with van der Waals surface area (Å²) < 4.78 is 7.30. The molecule has 2 atom stereocenters. The summed E-state index contributed by atoms with van der Waals surface area (Å²) in [7, 11) is 0. The fourth-order valence-electron chi connectivity index (χ4n) is 3.68. The minimum absolute atomic E-state index is 0.0334. The molecular weight excluding hydrogens is 406 g/mol. The van der Waals surface area contributed by atoms with Crippen molar-refractivity contribution < 1.29 is 9.84 Å². The average molecular weight is 422 g/mol. The Morgan fingerprint density at radius 3 is 2.81 bits per heavy atom. The van der Waals surface area contributed by atoms with Crippen LogP contribution in [0.15, 0.2) is 76.6 Å². The van der Waals surface area contributed by atoms with Crippen molar-refractivity contribution in [2.24, 2.45) is 5.10 Å². The summed E-state index contributed by atoms with van der Waals surface area (Å²) in [6.07, 6.45) is 3.89. The average Bonchev–Trinajstić information content (AvgIpc) is 3.14. The molecule has 0 saturated carbocycles. The Morgan fingerprint density at radius 2 is 2.00 bits per heavy atom. The number of hydrogen-bond acceptors (Lipinski definition) is 5. The Morgan fingerprint density at radius 1 is 1.11 bits per heavy atom. The van der Waals surface area contributed by atoms with Crippen LogP contribution in [0.2, 0.25) is 0 Å². The predicted octanol–water partition coefficient (Wildman–Crippen LogP) is 4.79. The van der Waals surface area contributed by atoms with Crippen molar-refractivity contribution in [3.05, 3.63) is 88.2 Å². The summed E-state index contributed by atoms with van der Waals surface area (Å²) in [5.41, 5.74) is 3.63. The Kier molecular flexibility index (Phi) is 3.86. The van der Waals surface area contributed by atoms with Crippen LogP contribution in [0.5, 0.6) is 11.5 Å². The predicted molar refractivity (Wildman–Crippen MR) is 106 cm³/mol. The minimum Gasteiger partial charge on any atom is -0.507 e. The summed E-state index contributed by atoms with van der Waals surface area (Å²) in [6.45, 7) is 0. The normalized spacial score (nSPS) is 20.5. The van der Waals surface area contributed by atoms with E-state index in [1.54, 1.807) is 18.5 Å². The van der Waals surface area contributed by atoms with E-state index >= 15 is 0 Å². The van der Waals surface area contributed by atoms with E-state index in [1.807, 2.05) is 47.5 Å². The molecule has 3 heterocycles. The van der Waals surface area contributed by atoms with Crippen LogP contribution in [0.25, 0.3) is 0 Å². The Labute approximate surface area is 165 Å². The van der Waals surface area contributed by atoms with Gasteiger partial charge in [0.2, 0.25) is 6.23 Å². The molecular formula is C21H16BrN3O2. The molecule has 3 aromatic rings. The van der Waals surface area contributed by atoms with E-state index in [1.165, 1.54) is 0 Å². The highest BCUT2D eigenvalue weighted by atomic mass is 79.9. The van der Waals surface area contributed by atoms with Gasteiger partial charge in [-0.2, -0.15) is 5.10 Å². The zero-order valence-electron chi connectivity index (χ0n) is 14.3. The molecule has 0 unspecified atom stereocenters. The molecule has 0 fully saturated rings. The second kappa shape index (κ2) is 6.39. The maximum atomic E-state index is 10.3. The van der Waals surface area contributed by atoms with Crippen molar-refractivity contribution in [2.45, 2.75) is 18.7 Å². The van der Waals surface area contributed by atoms with E-state index in [0.717, 1.165) is 32.6 Å². The number of nitrogens with zero attached hydrogens (tertiary/aromatic N) is 3. The molecule has 27 heavy (non-hydrogen) atoms. The van der Waals surface area contributed by atoms with Gasteiger partial charge in [0.1, 0.15) is 11.5 Å². The van der Waals surface area contributed by atoms with Gasteiger partial charge in [0.25, 0.3) is 0 Å². The number of rotatable bonds is 2. The first-order valence-corrected chi connectivity index (χ1v) is 9.50. The lowest BCUT2D eigenvalue weighted by Crippen LogP contribution is -2.33. The molecule has 0 radical (unpaired) electrons. The van der Waals surface area contributed by atoms with Gasteiger partial charge in [0.05, 0.1) is 11.8 Å². The number of pyridine rings is 1. The topological polar surface area (TPSA) is 58.0 Å². The van der Waals surface area contributed by atoms with Crippen LogP contribution in [0.1, 0.15) is 35.4 Å². The molecule has 2 aliphatic heterocycles. The van der Waals surface area contributed by atoms with E-state index in [0.29, 0.717) is 6.42 Å². The Bertz CT molecular complexity index is 1040. The molecule has 1 aromatic heterocycles. The first-order chi connectivity index (χ1) is 13.2. The van der Waals surface area contributed by atoms with Gasteiger partial charge < -0.3 is 9.84 Å². The molecule has 2 aromatic carbocycles. The lowest BCUT2D eigenvalue weighted by atomic mass is 9.96. The van der Waals surface area contributed by atoms with E-state index < -0.39 is 0 Å². The second-order valence-corrected chi connectivity index (χ2v) is 7.52. The molecule has 5 nitrogen and oxygen atoms in total. The second-order valence-electron chi connectivity index (χ2n) is 6.60. The van der Waals surface area contributed by atoms with Gasteiger partial charge in [0, 0.05) is 40.0 Å². The number of aromatic nitrogens is 1. The standard InChI is InChI=1S/C21H16BrN3O2/c22-14-7-8-20-16(10-14)18-11-17(15-5-1-2-6-19(15)26)24-25(18)21(27-20)13-4-3-9-23-12-13/h1-10,12,18,21,26H,11H2/t18-,21+/m1/s1. The number of phenolic OH excluding ortho intramolecular Hbond substituents is 1. The maximum absolute atomic E-state index is 10.3. The number of ether oxygens (including phenoxy) is 1. The minimum atomic E-state index is -0.360. The molecule has 5 rings (SSSR count). The molecule has 1 N–H and O–H groups in total. The SMILES string of the molecule is Oc1ccccc1C1=NN2[C@H](C1)c1cc(Br)ccc1O[C@H]2c1cccnc1. The summed E-state index contributed by atoms with van der Waals surface area (Å²) >= 11 is 3.56. The molecule has 0 saturated heterocycles. The van der Waals surface area contributed by atoms with Crippen molar-refractivity contribution in [1.82, 2.24) is 9.99 Å². The third-order valence-corrected chi connectivity index (χ3v) is 5.43. The van der Waals surface area contributed by atoms with Crippen LogP contribution in [-0.2, 0) is 0 Å². The lowest BCUT2D eigenvalue weighted by Gasteiger charge is -2.38. The maximum Gasteiger partial charge on any atom is 0.215 e. The Hall–Kier alpha value is -2.86. The van der Waals surface area contributed by atoms with Gasteiger partial charge in [-0.15, -0.1) is 0 Å². The monoisotopic (exact) mass is 421 g/mol. The fraction of sp³-hybridized carbons (Fsp3) is 0.143. The van der Waals surface area contributed by atoms with Crippen molar-refractivity contribution in [1.29, 1.82) is 0 Å². The summed E-state index contributed by atoms with van der Waals surface area (Å²) in [4.78, 5) is 4.23. The van der Waals surface area contributed by atoms with Crippen LogP contribution in [0.4, 0.5) is 0 Å². The smallest absolute Gasteiger partial charge is 0.215 e. The first kappa shape index (κ1) is 16.3. The van der Waals surface area contributed by atoms with E-state index in [4.69, 9.17) is 9.84 Å². The zero-order chi connectivity index (χ0) is 18.4. The third kappa shape index (κ3) is 2.77. The fourth-order valence-corrected chi connectivity index (χ4v) is 4.06. The number of para-hydroxylation sites is 1. The summed E-state index contributed by atoms with van der Waals surface area (Å²) in [5, 5.41) is 17.1. The molecule has 0 amide bonds. The van der Waals surface area contributed by atoms with Crippen LogP contribution < -0.4 is 4.74 Å². The van der Waals surface area contributed by atoms with Crippen molar-refractivity contribution in [2.75, 3.05) is 0 Å². The molecule has 0 spiro atoms. The Balaban J connectivity index is 1.63. The van der Waals surface area contributed by atoms with Gasteiger partial charge in [-0.3, -0.25) is 4.98 Å². The number of phenols is 1. The highest BCUT2D eigenvalue weighted by Crippen LogP contribution is 2.48. The molecule has 0 bridgehead atoms. The van der Waals surface area contributed by atoms with Gasteiger partial charge in [0.15, 0.2) is 0 Å². The van der Waals surface area contributed by atoms with Crippen LogP contribution in [0.3, 0.4) is 0 Å². The van der Waals surface area contributed by atoms with Gasteiger partial charge in [-0.05, 0) is 36.4 Å². The van der Waals surface area contributed by atoms with E-state index in [-0.39, 0.29) is 18.0 Å². The van der Waals surface area contributed by atoms with Gasteiger partial charge >= 0.3 is 0 Å². The summed E-state index contributed by atoms with van der Waals surface area (Å²) in [5.74, 6) is 1.09. The van der Waals surface area contributed by atoms with E-state index in [9.17, 15) is 5.11 Å². The largest absolute Gasteiger partial charge is 0.507 e. The number of fused-ring (bicyclic) bond motifs is 3. The first-order valence-electron chi connectivity index (χ1n) is 8.71. The number of hydrogen-bond donors (Lipinski definition) is 1. The molecule has 2 aliphatic rings. The number of aromatic hydroxyl groups is 1. The highest BCUT2D eigenvalue weighted by Gasteiger charge is 2.41. The molecule has 134 valence electrons. The number of halogens is 1. The van der Waals surface area contributed by atoms with Crippen LogP contribution in [0, 0.1) is 0 Å². The summed E-state index contributed by atoms with van der Waals surface area (Å²) in [6, 6.07) is 17.3. The zero-order valence-corrected chi connectivity index (χ0v) is 15.9. The molecule has 0 aliphatic carbocycles. The van der Waals surface area contributed by atoms with Gasteiger partial charge in [-0.25, -0.2) is 5.01 Å². The number of benzene rings is 2. The number of hydrazone groups is 1. The van der Waals surface area contributed by atoms with Crippen LogP contribution in [-0.4, -0.2) is 20.8 Å². The van der Waals surface area contributed by atoms with E-state index in [2.05, 4.69) is 27.0 Å². The van der Waals surface area contributed by atoms with Crippen molar-refractivity contribution in [3.63, 3.8) is 0 Å². The third-order valence-electron chi connectivity index (χ3n) is 4.94.